The smallest absolute Gasteiger partial charge is 0.191 e. The van der Waals surface area contributed by atoms with E-state index in [1.807, 2.05) is 54.7 Å². The number of aromatic nitrogens is 5. The Balaban J connectivity index is 0.00000300. The van der Waals surface area contributed by atoms with Gasteiger partial charge in [-0.05, 0) is 39.3 Å². The van der Waals surface area contributed by atoms with E-state index < -0.39 is 0 Å². The van der Waals surface area contributed by atoms with Crippen molar-refractivity contribution < 1.29 is 0 Å². The Kier molecular flexibility index (Phi) is 8.18. The van der Waals surface area contributed by atoms with Crippen LogP contribution in [0.15, 0.2) is 35.7 Å². The van der Waals surface area contributed by atoms with Crippen molar-refractivity contribution in [2.75, 3.05) is 6.54 Å². The topological polar surface area (TPSA) is 84.9 Å². The Hall–Kier alpha value is -2.43. The van der Waals surface area contributed by atoms with Crippen LogP contribution < -0.4 is 10.6 Å². The lowest BCUT2D eigenvalue weighted by Crippen LogP contribution is -2.37. The lowest BCUT2D eigenvalue weighted by molar-refractivity contribution is 0.728. The molecule has 3 rings (SSSR count). The number of imidazole rings is 1. The van der Waals surface area contributed by atoms with E-state index in [2.05, 4.69) is 44.5 Å². The predicted molar refractivity (Wildman–Crippen MR) is 126 cm³/mol. The van der Waals surface area contributed by atoms with Crippen molar-refractivity contribution in [3.63, 3.8) is 0 Å². The van der Waals surface area contributed by atoms with Crippen LogP contribution in [0, 0.1) is 20.8 Å². The molecule has 0 bridgehead atoms. The summed E-state index contributed by atoms with van der Waals surface area (Å²) in [6, 6.07) is 4.03. The molecule has 0 unspecified atom stereocenters. The van der Waals surface area contributed by atoms with Gasteiger partial charge in [-0.25, -0.2) is 15.0 Å². The number of nitrogens with zero attached hydrogens (tertiary/aromatic N) is 6. The fourth-order valence-electron chi connectivity index (χ4n) is 3.03. The first-order valence-electron chi connectivity index (χ1n) is 9.46. The van der Waals surface area contributed by atoms with Gasteiger partial charge in [0.05, 0.1) is 12.2 Å². The average Bonchev–Trinajstić information content (AvgIpc) is 3.21. The van der Waals surface area contributed by atoms with Crippen LogP contribution in [0.4, 0.5) is 0 Å². The van der Waals surface area contributed by atoms with Crippen LogP contribution in [0.25, 0.3) is 5.82 Å². The number of hydrogen-bond acceptors (Lipinski definition) is 4. The normalized spacial score (nSPS) is 11.3. The van der Waals surface area contributed by atoms with Crippen molar-refractivity contribution in [2.45, 2.75) is 40.8 Å². The highest BCUT2D eigenvalue weighted by atomic mass is 127. The molecular formula is C20H29IN8. The molecule has 0 aliphatic carbocycles. The monoisotopic (exact) mass is 508 g/mol. The molecule has 0 saturated heterocycles. The van der Waals surface area contributed by atoms with Crippen LogP contribution >= 0.6 is 24.0 Å². The Morgan fingerprint density at radius 1 is 1.14 bits per heavy atom. The van der Waals surface area contributed by atoms with Gasteiger partial charge in [-0.3, -0.25) is 9.25 Å². The maximum Gasteiger partial charge on any atom is 0.191 e. The molecule has 156 valence electrons. The van der Waals surface area contributed by atoms with E-state index in [4.69, 9.17) is 0 Å². The summed E-state index contributed by atoms with van der Waals surface area (Å²) in [5.74, 6) is 2.55. The second kappa shape index (κ2) is 10.4. The van der Waals surface area contributed by atoms with Crippen LogP contribution in [-0.4, -0.2) is 36.8 Å². The molecule has 0 spiro atoms. The molecule has 2 N–H and O–H groups in total. The lowest BCUT2D eigenvalue weighted by Gasteiger charge is -2.12. The summed E-state index contributed by atoms with van der Waals surface area (Å²) in [6.07, 6.45) is 5.54. The van der Waals surface area contributed by atoms with Crippen LogP contribution in [-0.2, 0) is 20.1 Å². The fraction of sp³-hybridized carbons (Fsp3) is 0.400. The maximum absolute atomic E-state index is 4.68. The number of pyridine rings is 1. The number of aliphatic imine (C=N–C) groups is 1. The van der Waals surface area contributed by atoms with E-state index in [9.17, 15) is 0 Å². The Labute approximate surface area is 188 Å². The minimum atomic E-state index is 0. The van der Waals surface area contributed by atoms with Crippen molar-refractivity contribution >= 4 is 29.9 Å². The summed E-state index contributed by atoms with van der Waals surface area (Å²) < 4.78 is 3.86. The Morgan fingerprint density at radius 3 is 2.48 bits per heavy atom. The number of halogens is 1. The fourth-order valence-corrected chi connectivity index (χ4v) is 3.03. The van der Waals surface area contributed by atoms with Crippen molar-refractivity contribution in [2.24, 2.45) is 12.0 Å². The maximum atomic E-state index is 4.68. The molecule has 29 heavy (non-hydrogen) atoms. The van der Waals surface area contributed by atoms with Gasteiger partial charge in [0.1, 0.15) is 11.6 Å². The molecular weight excluding hydrogens is 479 g/mol. The number of guanidine groups is 1. The van der Waals surface area contributed by atoms with Gasteiger partial charge in [-0.1, -0.05) is 6.07 Å². The van der Waals surface area contributed by atoms with Crippen molar-refractivity contribution in [1.82, 2.24) is 34.9 Å². The predicted octanol–water partition coefficient (Wildman–Crippen LogP) is 2.80. The number of rotatable bonds is 6. The molecule has 0 radical (unpaired) electrons. The number of hydrogen-bond donors (Lipinski definition) is 2. The summed E-state index contributed by atoms with van der Waals surface area (Å²) in [5, 5.41) is 11.2. The third-order valence-corrected chi connectivity index (χ3v) is 4.74. The van der Waals surface area contributed by atoms with Gasteiger partial charge >= 0.3 is 0 Å². The molecule has 0 aliphatic heterocycles. The highest BCUT2D eigenvalue weighted by Gasteiger charge is 2.09. The van der Waals surface area contributed by atoms with Gasteiger partial charge in [0.25, 0.3) is 0 Å². The molecule has 0 atom stereocenters. The van der Waals surface area contributed by atoms with Crippen LogP contribution in [0.2, 0.25) is 0 Å². The molecule has 3 aromatic rings. The Morgan fingerprint density at radius 2 is 1.93 bits per heavy atom. The van der Waals surface area contributed by atoms with Crippen LogP contribution in [0.5, 0.6) is 0 Å². The second-order valence-electron chi connectivity index (χ2n) is 6.69. The molecule has 0 fully saturated rings. The first-order valence-corrected chi connectivity index (χ1v) is 9.46. The molecule has 0 aliphatic rings. The summed E-state index contributed by atoms with van der Waals surface area (Å²) in [6.45, 7) is 10.2. The zero-order chi connectivity index (χ0) is 20.1. The van der Waals surface area contributed by atoms with Gasteiger partial charge in [0.2, 0.25) is 0 Å². The quantitative estimate of drug-likeness (QED) is 0.304. The van der Waals surface area contributed by atoms with Crippen LogP contribution in [0.1, 0.15) is 35.3 Å². The van der Waals surface area contributed by atoms with E-state index in [0.717, 1.165) is 41.1 Å². The zero-order valence-corrected chi connectivity index (χ0v) is 19.9. The van der Waals surface area contributed by atoms with Crippen molar-refractivity contribution in [1.29, 1.82) is 0 Å². The van der Waals surface area contributed by atoms with Crippen molar-refractivity contribution in [3.8, 4) is 5.82 Å². The highest BCUT2D eigenvalue weighted by molar-refractivity contribution is 14.0. The second-order valence-corrected chi connectivity index (χ2v) is 6.69. The van der Waals surface area contributed by atoms with Gasteiger partial charge < -0.3 is 10.6 Å². The zero-order valence-electron chi connectivity index (χ0n) is 17.6. The molecule has 0 aromatic carbocycles. The minimum absolute atomic E-state index is 0. The lowest BCUT2D eigenvalue weighted by atomic mass is 10.2. The van der Waals surface area contributed by atoms with Crippen molar-refractivity contribution in [3.05, 3.63) is 59.1 Å². The summed E-state index contributed by atoms with van der Waals surface area (Å²) >= 11 is 0. The number of aryl methyl sites for hydroxylation is 3. The van der Waals surface area contributed by atoms with Gasteiger partial charge in [-0.2, -0.15) is 5.10 Å². The first-order chi connectivity index (χ1) is 13.5. The SMILES string of the molecule is CCNC(=NCc1ccc(-n2ccnc2C)nc1)NCc1c(C)nn(C)c1C.I. The van der Waals surface area contributed by atoms with Gasteiger partial charge in [0, 0.05) is 50.0 Å². The molecule has 3 heterocycles. The van der Waals surface area contributed by atoms with E-state index >= 15 is 0 Å². The van der Waals surface area contributed by atoms with Gasteiger partial charge in [-0.15, -0.1) is 24.0 Å². The molecule has 0 saturated carbocycles. The molecule has 9 heteroatoms. The Bertz CT molecular complexity index is 956. The van der Waals surface area contributed by atoms with E-state index in [1.54, 1.807) is 6.20 Å². The number of nitrogens with one attached hydrogen (secondary N) is 2. The molecule has 0 amide bonds. The summed E-state index contributed by atoms with van der Waals surface area (Å²) in [7, 11) is 1.97. The highest BCUT2D eigenvalue weighted by Crippen LogP contribution is 2.11. The van der Waals surface area contributed by atoms with Crippen LogP contribution in [0.3, 0.4) is 0 Å². The standard InChI is InChI=1S/C20H28N8.HI/c1-6-21-20(25-13-18-14(2)26-27(5)15(18)3)24-12-17-7-8-19(23-11-17)28-10-9-22-16(28)4;/h7-11H,6,12-13H2,1-5H3,(H2,21,24,25);1H. The van der Waals surface area contributed by atoms with Gasteiger partial charge in [0.15, 0.2) is 5.96 Å². The minimum Gasteiger partial charge on any atom is -0.357 e. The summed E-state index contributed by atoms with van der Waals surface area (Å²) in [5.41, 5.74) is 4.45. The molecule has 8 nitrogen and oxygen atoms in total. The third-order valence-electron chi connectivity index (χ3n) is 4.74. The largest absolute Gasteiger partial charge is 0.357 e. The van der Waals surface area contributed by atoms with E-state index in [0.29, 0.717) is 13.1 Å². The third kappa shape index (κ3) is 5.55. The summed E-state index contributed by atoms with van der Waals surface area (Å²) in [4.78, 5) is 13.4. The van der Waals surface area contributed by atoms with E-state index in [-0.39, 0.29) is 24.0 Å². The average molecular weight is 508 g/mol. The molecule has 3 aromatic heterocycles. The first kappa shape index (κ1) is 22.9. The van der Waals surface area contributed by atoms with E-state index in [1.165, 1.54) is 5.56 Å².